The van der Waals surface area contributed by atoms with Crippen molar-refractivity contribution >= 4 is 21.8 Å². The number of nitrogens with zero attached hydrogens (tertiary/aromatic N) is 4. The van der Waals surface area contributed by atoms with Crippen molar-refractivity contribution < 1.29 is 13.2 Å². The minimum atomic E-state index is -4.53. The van der Waals surface area contributed by atoms with E-state index in [1.165, 1.54) is 17.7 Å². The molecule has 0 radical (unpaired) electrons. The molecule has 0 bridgehead atoms. The Hall–Kier alpha value is -6.08. The van der Waals surface area contributed by atoms with E-state index in [1.54, 1.807) is 12.1 Å². The molecule has 2 aromatic heterocycles. The fourth-order valence-corrected chi connectivity index (χ4v) is 6.68. The van der Waals surface area contributed by atoms with Crippen LogP contribution in [0.4, 0.5) is 13.2 Å². The second kappa shape index (κ2) is 12.4. The molecule has 0 N–H and O–H groups in total. The number of halogens is 3. The zero-order chi connectivity index (χ0) is 35.3. The Labute approximate surface area is 293 Å². The molecule has 0 saturated heterocycles. The molecule has 0 unspecified atom stereocenters. The molecular formula is C44H33F3N4. The lowest BCUT2D eigenvalue weighted by Crippen LogP contribution is -2.10. The minimum Gasteiger partial charge on any atom is -0.308 e. The summed E-state index contributed by atoms with van der Waals surface area (Å²) < 4.78 is 45.3. The maximum absolute atomic E-state index is 14.4. The number of aromatic nitrogens is 4. The third-order valence-corrected chi connectivity index (χ3v) is 9.26. The van der Waals surface area contributed by atoms with Gasteiger partial charge in [0.15, 0.2) is 17.5 Å². The Morgan fingerprint density at radius 2 is 1.04 bits per heavy atom. The maximum Gasteiger partial charge on any atom is 0.417 e. The van der Waals surface area contributed by atoms with Crippen molar-refractivity contribution in [3.8, 4) is 51.0 Å². The van der Waals surface area contributed by atoms with E-state index in [2.05, 4.69) is 49.6 Å². The predicted octanol–water partition coefficient (Wildman–Crippen LogP) is 12.0. The third-order valence-electron chi connectivity index (χ3n) is 9.26. The largest absolute Gasteiger partial charge is 0.417 e. The van der Waals surface area contributed by atoms with Crippen LogP contribution in [0.1, 0.15) is 31.9 Å². The second-order valence-corrected chi connectivity index (χ2v) is 13.6. The molecule has 0 aliphatic carbocycles. The molecule has 0 saturated carbocycles. The van der Waals surface area contributed by atoms with Crippen LogP contribution in [0.5, 0.6) is 0 Å². The van der Waals surface area contributed by atoms with E-state index in [1.807, 2.05) is 91.0 Å². The van der Waals surface area contributed by atoms with E-state index in [0.717, 1.165) is 39.0 Å². The Bertz CT molecular complexity index is 2490. The molecule has 4 nitrogen and oxygen atoms in total. The Morgan fingerprint density at radius 1 is 0.471 bits per heavy atom. The Morgan fingerprint density at radius 3 is 1.69 bits per heavy atom. The monoisotopic (exact) mass is 674 g/mol. The SMILES string of the molecule is CC(C)(C)c1ccc2c(c1)c1ccccc1n2-c1cc(-c2ccccc2C(F)(F)F)ccc1-c1nc(-c2ccccc2)nc(-c2ccccc2)n1. The van der Waals surface area contributed by atoms with Gasteiger partial charge in [-0.1, -0.05) is 130 Å². The molecule has 0 aliphatic heterocycles. The molecule has 7 heteroatoms. The van der Waals surface area contributed by atoms with Gasteiger partial charge in [0.25, 0.3) is 0 Å². The highest BCUT2D eigenvalue weighted by Gasteiger charge is 2.33. The van der Waals surface area contributed by atoms with E-state index in [4.69, 9.17) is 15.0 Å². The zero-order valence-electron chi connectivity index (χ0n) is 28.3. The van der Waals surface area contributed by atoms with Gasteiger partial charge in [0, 0.05) is 27.5 Å². The lowest BCUT2D eigenvalue weighted by Gasteiger charge is -2.20. The minimum absolute atomic E-state index is 0.0870. The van der Waals surface area contributed by atoms with Crippen molar-refractivity contribution in [1.29, 1.82) is 0 Å². The summed E-state index contributed by atoms with van der Waals surface area (Å²) in [5.74, 6) is 1.40. The van der Waals surface area contributed by atoms with Crippen molar-refractivity contribution in [2.75, 3.05) is 0 Å². The predicted molar refractivity (Wildman–Crippen MR) is 200 cm³/mol. The normalized spacial score (nSPS) is 12.1. The molecule has 8 aromatic rings. The lowest BCUT2D eigenvalue weighted by molar-refractivity contribution is -0.137. The second-order valence-electron chi connectivity index (χ2n) is 13.6. The number of hydrogen-bond acceptors (Lipinski definition) is 3. The molecule has 0 aliphatic rings. The number of benzene rings is 6. The highest BCUT2D eigenvalue weighted by molar-refractivity contribution is 6.10. The van der Waals surface area contributed by atoms with Crippen LogP contribution in [0, 0.1) is 0 Å². The Kier molecular flexibility index (Phi) is 7.79. The Balaban J connectivity index is 1.47. The molecule has 51 heavy (non-hydrogen) atoms. The van der Waals surface area contributed by atoms with Gasteiger partial charge in [-0.3, -0.25) is 0 Å². The van der Waals surface area contributed by atoms with Crippen molar-refractivity contribution in [2.24, 2.45) is 0 Å². The molecule has 0 amide bonds. The zero-order valence-corrected chi connectivity index (χ0v) is 28.3. The first-order chi connectivity index (χ1) is 24.6. The number of hydrogen-bond donors (Lipinski definition) is 0. The molecular weight excluding hydrogens is 642 g/mol. The highest BCUT2D eigenvalue weighted by Crippen LogP contribution is 2.42. The number of fused-ring (bicyclic) bond motifs is 3. The summed E-state index contributed by atoms with van der Waals surface area (Å²) in [6.45, 7) is 6.55. The summed E-state index contributed by atoms with van der Waals surface area (Å²) in [6, 6.07) is 45.1. The summed E-state index contributed by atoms with van der Waals surface area (Å²) in [6.07, 6.45) is -4.53. The molecule has 2 heterocycles. The van der Waals surface area contributed by atoms with Crippen molar-refractivity contribution in [1.82, 2.24) is 19.5 Å². The molecule has 0 spiro atoms. The summed E-state index contributed by atoms with van der Waals surface area (Å²) >= 11 is 0. The molecule has 250 valence electrons. The number of para-hydroxylation sites is 1. The average molecular weight is 675 g/mol. The van der Waals surface area contributed by atoms with Crippen molar-refractivity contribution in [3.63, 3.8) is 0 Å². The van der Waals surface area contributed by atoms with Crippen LogP contribution >= 0.6 is 0 Å². The van der Waals surface area contributed by atoms with Crippen molar-refractivity contribution in [2.45, 2.75) is 32.4 Å². The van der Waals surface area contributed by atoms with Gasteiger partial charge in [-0.2, -0.15) is 13.2 Å². The number of rotatable bonds is 5. The van der Waals surface area contributed by atoms with Crippen LogP contribution in [-0.2, 0) is 11.6 Å². The van der Waals surface area contributed by atoms with Gasteiger partial charge in [0.2, 0.25) is 0 Å². The van der Waals surface area contributed by atoms with Crippen molar-refractivity contribution in [3.05, 3.63) is 157 Å². The molecule has 0 atom stereocenters. The smallest absolute Gasteiger partial charge is 0.308 e. The van der Waals surface area contributed by atoms with Crippen LogP contribution in [0.15, 0.2) is 146 Å². The maximum atomic E-state index is 14.4. The van der Waals surface area contributed by atoms with Gasteiger partial charge in [-0.25, -0.2) is 15.0 Å². The molecule has 8 rings (SSSR count). The summed E-state index contributed by atoms with van der Waals surface area (Å²) in [7, 11) is 0. The van der Waals surface area contributed by atoms with Crippen LogP contribution in [-0.4, -0.2) is 19.5 Å². The lowest BCUT2D eigenvalue weighted by atomic mass is 9.86. The van der Waals surface area contributed by atoms with Gasteiger partial charge in [0.1, 0.15) is 0 Å². The van der Waals surface area contributed by atoms with Gasteiger partial charge in [-0.05, 0) is 58.5 Å². The van der Waals surface area contributed by atoms with Crippen LogP contribution in [0.25, 0.3) is 72.8 Å². The van der Waals surface area contributed by atoms with Gasteiger partial charge in [0.05, 0.1) is 22.3 Å². The average Bonchev–Trinajstić information content (AvgIpc) is 3.48. The van der Waals surface area contributed by atoms with Crippen LogP contribution in [0.2, 0.25) is 0 Å². The van der Waals surface area contributed by atoms with Gasteiger partial charge >= 0.3 is 6.18 Å². The quantitative estimate of drug-likeness (QED) is 0.182. The highest BCUT2D eigenvalue weighted by atomic mass is 19.4. The van der Waals surface area contributed by atoms with E-state index >= 15 is 0 Å². The summed E-state index contributed by atoms with van der Waals surface area (Å²) in [5, 5.41) is 2.09. The summed E-state index contributed by atoms with van der Waals surface area (Å²) in [5.41, 5.74) is 5.72. The van der Waals surface area contributed by atoms with E-state index < -0.39 is 11.7 Å². The standard InChI is InChI=1S/C44H33F3N4/c1-43(2,3)31-23-25-38-35(27-31)33-19-11-13-21-37(33)51(38)39-26-30(32-18-10-12-20-36(32)44(45,46)47)22-24-34(39)42-49-40(28-14-6-4-7-15-28)48-41(50-42)29-16-8-5-9-17-29/h4-27H,1-3H3. The first-order valence-corrected chi connectivity index (χ1v) is 16.8. The molecule has 6 aromatic carbocycles. The van der Waals surface area contributed by atoms with E-state index in [9.17, 15) is 13.2 Å². The first-order valence-electron chi connectivity index (χ1n) is 16.8. The fraction of sp³-hybridized carbons (Fsp3) is 0.114. The van der Waals surface area contributed by atoms with E-state index in [-0.39, 0.29) is 11.0 Å². The summed E-state index contributed by atoms with van der Waals surface area (Å²) in [4.78, 5) is 14.9. The van der Waals surface area contributed by atoms with Gasteiger partial charge in [-0.15, -0.1) is 0 Å². The van der Waals surface area contributed by atoms with Crippen LogP contribution < -0.4 is 0 Å². The third kappa shape index (κ3) is 5.95. The van der Waals surface area contributed by atoms with Crippen LogP contribution in [0.3, 0.4) is 0 Å². The molecule has 0 fully saturated rings. The topological polar surface area (TPSA) is 43.6 Å². The van der Waals surface area contributed by atoms with Gasteiger partial charge < -0.3 is 4.57 Å². The fourth-order valence-electron chi connectivity index (χ4n) is 6.68. The number of alkyl halides is 3. The van der Waals surface area contributed by atoms with E-state index in [0.29, 0.717) is 34.3 Å². The first kappa shape index (κ1) is 32.1.